The minimum Gasteiger partial charge on any atom is -0.390 e. The van der Waals surface area contributed by atoms with E-state index in [0.29, 0.717) is 6.42 Å². The zero-order chi connectivity index (χ0) is 16.6. The molecule has 2 amide bonds. The third-order valence-corrected chi connectivity index (χ3v) is 4.26. The van der Waals surface area contributed by atoms with E-state index in [9.17, 15) is 23.1 Å². The number of carbonyl (C=O) groups excluding carboxylic acids is 1. The van der Waals surface area contributed by atoms with Crippen molar-refractivity contribution in [2.24, 2.45) is 0 Å². The number of urea groups is 1. The van der Waals surface area contributed by atoms with Gasteiger partial charge < -0.3 is 10.4 Å². The number of aliphatic hydroxyl groups is 1. The van der Waals surface area contributed by atoms with Crippen molar-refractivity contribution in [3.63, 3.8) is 0 Å². The van der Waals surface area contributed by atoms with Crippen molar-refractivity contribution in [2.75, 3.05) is 5.32 Å². The Kier molecular flexibility index (Phi) is 3.94. The smallest absolute Gasteiger partial charge is 0.390 e. The number of aliphatic hydroxyl groups excluding tert-OH is 1. The summed E-state index contributed by atoms with van der Waals surface area (Å²) >= 11 is 0.231. The second-order valence-corrected chi connectivity index (χ2v) is 5.93. The lowest BCUT2D eigenvalue weighted by Gasteiger charge is -2.17. The van der Waals surface area contributed by atoms with Crippen LogP contribution in [0.1, 0.15) is 22.2 Å². The van der Waals surface area contributed by atoms with Gasteiger partial charge in [-0.05, 0) is 11.1 Å². The van der Waals surface area contributed by atoms with E-state index in [-0.39, 0.29) is 16.5 Å². The average molecular weight is 344 g/mol. The molecule has 10 heteroatoms. The van der Waals surface area contributed by atoms with Gasteiger partial charge in [-0.15, -0.1) is 10.2 Å². The largest absolute Gasteiger partial charge is 0.445 e. The first-order chi connectivity index (χ1) is 10.8. The summed E-state index contributed by atoms with van der Waals surface area (Å²) in [5.41, 5.74) is 1.70. The molecule has 2 aromatic rings. The van der Waals surface area contributed by atoms with E-state index in [2.05, 4.69) is 20.8 Å². The molecule has 1 aromatic heterocycles. The van der Waals surface area contributed by atoms with Gasteiger partial charge in [0.05, 0.1) is 12.1 Å². The summed E-state index contributed by atoms with van der Waals surface area (Å²) in [6.45, 7) is 0. The van der Waals surface area contributed by atoms with Crippen molar-refractivity contribution in [3.05, 3.63) is 40.4 Å². The molecule has 0 radical (unpaired) electrons. The molecule has 1 aliphatic rings. The van der Waals surface area contributed by atoms with Crippen LogP contribution in [0.15, 0.2) is 24.3 Å². The van der Waals surface area contributed by atoms with E-state index in [0.717, 1.165) is 11.1 Å². The number of halogens is 3. The van der Waals surface area contributed by atoms with E-state index in [1.165, 1.54) is 0 Å². The highest BCUT2D eigenvalue weighted by atomic mass is 32.1. The van der Waals surface area contributed by atoms with Crippen LogP contribution in [-0.2, 0) is 12.6 Å². The first-order valence-corrected chi connectivity index (χ1v) is 7.40. The minimum atomic E-state index is -4.60. The van der Waals surface area contributed by atoms with Gasteiger partial charge in [0.1, 0.15) is 0 Å². The van der Waals surface area contributed by atoms with E-state index >= 15 is 0 Å². The summed E-state index contributed by atoms with van der Waals surface area (Å²) in [5.74, 6) is 0. The van der Waals surface area contributed by atoms with Gasteiger partial charge in [0.15, 0.2) is 0 Å². The summed E-state index contributed by atoms with van der Waals surface area (Å²) in [6, 6.07) is 5.86. The zero-order valence-corrected chi connectivity index (χ0v) is 12.3. The Morgan fingerprint density at radius 1 is 1.30 bits per heavy atom. The third kappa shape index (κ3) is 3.27. The number of fused-ring (bicyclic) bond motifs is 1. The van der Waals surface area contributed by atoms with Gasteiger partial charge in [0.25, 0.3) is 0 Å². The van der Waals surface area contributed by atoms with Gasteiger partial charge in [-0.25, -0.2) is 4.79 Å². The normalized spacial score (nSPS) is 20.2. The second kappa shape index (κ2) is 5.78. The highest BCUT2D eigenvalue weighted by Crippen LogP contribution is 2.33. The molecule has 0 bridgehead atoms. The zero-order valence-electron chi connectivity index (χ0n) is 11.5. The standard InChI is InChI=1S/C13H11F3N4O2S/c14-13(15,16)10-19-20-12(23-10)18-11(22)17-9-7-4-2-1-3-6(7)5-8(9)21/h1-4,8-9,21H,5H2,(H2,17,18,20,22)/t8-,9+/m0/s1. The molecule has 0 spiro atoms. The summed E-state index contributed by atoms with van der Waals surface area (Å²) < 4.78 is 37.3. The molecule has 3 N–H and O–H groups in total. The van der Waals surface area contributed by atoms with E-state index in [1.807, 2.05) is 12.1 Å². The molecule has 0 unspecified atom stereocenters. The number of nitrogens with one attached hydrogen (secondary N) is 2. The lowest BCUT2D eigenvalue weighted by Crippen LogP contribution is -2.36. The molecular formula is C13H11F3N4O2S. The number of amides is 2. The second-order valence-electron chi connectivity index (χ2n) is 4.96. The molecule has 0 saturated carbocycles. The van der Waals surface area contributed by atoms with Gasteiger partial charge in [0, 0.05) is 6.42 Å². The van der Waals surface area contributed by atoms with Crippen LogP contribution in [0.4, 0.5) is 23.1 Å². The van der Waals surface area contributed by atoms with Gasteiger partial charge in [-0.2, -0.15) is 13.2 Å². The quantitative estimate of drug-likeness (QED) is 0.780. The molecule has 0 saturated heterocycles. The Bertz CT molecular complexity index is 734. The molecule has 1 aliphatic carbocycles. The van der Waals surface area contributed by atoms with Crippen LogP contribution in [0, 0.1) is 0 Å². The molecule has 3 rings (SSSR count). The fraction of sp³-hybridized carbons (Fsp3) is 0.308. The van der Waals surface area contributed by atoms with Gasteiger partial charge in [-0.3, -0.25) is 5.32 Å². The SMILES string of the molecule is O=C(Nc1nnc(C(F)(F)F)s1)N[C@@H]1c2ccccc2C[C@@H]1O. The van der Waals surface area contributed by atoms with Crippen molar-refractivity contribution in [1.82, 2.24) is 15.5 Å². The van der Waals surface area contributed by atoms with E-state index in [4.69, 9.17) is 0 Å². The van der Waals surface area contributed by atoms with Crippen molar-refractivity contribution < 1.29 is 23.1 Å². The van der Waals surface area contributed by atoms with Crippen LogP contribution in [0.25, 0.3) is 0 Å². The Balaban J connectivity index is 1.67. The molecule has 122 valence electrons. The first-order valence-electron chi connectivity index (χ1n) is 6.58. The molecule has 23 heavy (non-hydrogen) atoms. The highest BCUT2D eigenvalue weighted by molar-refractivity contribution is 7.15. The molecule has 2 atom stereocenters. The van der Waals surface area contributed by atoms with Crippen LogP contribution < -0.4 is 10.6 Å². The molecule has 0 fully saturated rings. The first kappa shape index (κ1) is 15.7. The maximum Gasteiger partial charge on any atom is 0.445 e. The summed E-state index contributed by atoms with van der Waals surface area (Å²) in [4.78, 5) is 11.9. The van der Waals surface area contributed by atoms with E-state index < -0.39 is 29.4 Å². The Labute approximate surface area is 132 Å². The monoisotopic (exact) mass is 344 g/mol. The number of benzene rings is 1. The fourth-order valence-corrected chi connectivity index (χ4v) is 3.02. The fourth-order valence-electron chi connectivity index (χ4n) is 2.41. The predicted octanol–water partition coefficient (Wildman–Crippen LogP) is 2.34. The maximum atomic E-state index is 12.4. The number of aromatic nitrogens is 2. The third-order valence-electron chi connectivity index (χ3n) is 3.38. The average Bonchev–Trinajstić information content (AvgIpc) is 3.04. The summed E-state index contributed by atoms with van der Waals surface area (Å²) in [5, 5.41) is 19.6. The number of hydrogen-bond donors (Lipinski definition) is 3. The van der Waals surface area contributed by atoms with Gasteiger partial charge in [-0.1, -0.05) is 35.6 Å². The van der Waals surface area contributed by atoms with Crippen LogP contribution >= 0.6 is 11.3 Å². The van der Waals surface area contributed by atoms with Gasteiger partial charge in [0.2, 0.25) is 10.1 Å². The number of carbonyl (C=O) groups is 1. The number of hydrogen-bond acceptors (Lipinski definition) is 5. The van der Waals surface area contributed by atoms with Crippen LogP contribution in [-0.4, -0.2) is 27.4 Å². The minimum absolute atomic E-state index is 0.231. The molecule has 1 aromatic carbocycles. The van der Waals surface area contributed by atoms with Crippen LogP contribution in [0.3, 0.4) is 0 Å². The summed E-state index contributed by atoms with van der Waals surface area (Å²) in [7, 11) is 0. The molecular weight excluding hydrogens is 333 g/mol. The Morgan fingerprint density at radius 2 is 2.04 bits per heavy atom. The molecule has 6 nitrogen and oxygen atoms in total. The lowest BCUT2D eigenvalue weighted by molar-refractivity contribution is -0.138. The van der Waals surface area contributed by atoms with Crippen molar-refractivity contribution in [3.8, 4) is 0 Å². The van der Waals surface area contributed by atoms with Gasteiger partial charge >= 0.3 is 12.2 Å². The lowest BCUT2D eigenvalue weighted by atomic mass is 10.1. The number of nitrogens with zero attached hydrogens (tertiary/aromatic N) is 2. The number of alkyl halides is 3. The highest BCUT2D eigenvalue weighted by Gasteiger charge is 2.36. The predicted molar refractivity (Wildman–Crippen MR) is 76.0 cm³/mol. The molecule has 0 aliphatic heterocycles. The maximum absolute atomic E-state index is 12.4. The summed E-state index contributed by atoms with van der Waals surface area (Å²) in [6.07, 6.45) is -4.99. The van der Waals surface area contributed by atoms with E-state index in [1.54, 1.807) is 12.1 Å². The van der Waals surface area contributed by atoms with Crippen molar-refractivity contribution in [1.29, 1.82) is 0 Å². The van der Waals surface area contributed by atoms with Crippen LogP contribution in [0.5, 0.6) is 0 Å². The molecule has 1 heterocycles. The van der Waals surface area contributed by atoms with Crippen molar-refractivity contribution in [2.45, 2.75) is 24.7 Å². The number of rotatable bonds is 2. The van der Waals surface area contributed by atoms with Crippen LogP contribution in [0.2, 0.25) is 0 Å². The number of anilines is 1. The van der Waals surface area contributed by atoms with Crippen molar-refractivity contribution >= 4 is 22.5 Å². The topological polar surface area (TPSA) is 87.1 Å². The Hall–Kier alpha value is -2.20. The Morgan fingerprint density at radius 3 is 2.74 bits per heavy atom.